The summed E-state index contributed by atoms with van der Waals surface area (Å²) in [6, 6.07) is 13.2. The Morgan fingerprint density at radius 3 is 2.36 bits per heavy atom. The summed E-state index contributed by atoms with van der Waals surface area (Å²) in [4.78, 5) is 24.6. The maximum Gasteiger partial charge on any atom is 0.251 e. The number of carbonyl (C=O) groups excluding carboxylic acids is 2. The minimum Gasteiger partial charge on any atom is -0.355 e. The lowest BCUT2D eigenvalue weighted by molar-refractivity contribution is -0.120. The Kier molecular flexibility index (Phi) is 7.94. The van der Waals surface area contributed by atoms with Gasteiger partial charge in [0.25, 0.3) is 5.91 Å². The number of benzene rings is 2. The van der Waals surface area contributed by atoms with Crippen molar-refractivity contribution in [2.75, 3.05) is 18.8 Å². The zero-order chi connectivity index (χ0) is 18.1. The van der Waals surface area contributed by atoms with Gasteiger partial charge in [-0.2, -0.15) is 0 Å². The first-order valence-corrected chi connectivity index (χ1v) is 9.51. The Bertz CT molecular complexity index is 708. The quantitative estimate of drug-likeness (QED) is 0.502. The third kappa shape index (κ3) is 7.27. The topological polar surface area (TPSA) is 58.2 Å². The number of hydrogen-bond donors (Lipinski definition) is 2. The highest BCUT2D eigenvalue weighted by molar-refractivity contribution is 9.10. The van der Waals surface area contributed by atoms with E-state index in [-0.39, 0.29) is 24.2 Å². The highest BCUT2D eigenvalue weighted by atomic mass is 79.9. The Morgan fingerprint density at radius 1 is 1.00 bits per heavy atom. The zero-order valence-electron chi connectivity index (χ0n) is 13.4. The largest absolute Gasteiger partial charge is 0.355 e. The van der Waals surface area contributed by atoms with E-state index < -0.39 is 0 Å². The van der Waals surface area contributed by atoms with E-state index in [1.807, 2.05) is 0 Å². The van der Waals surface area contributed by atoms with Gasteiger partial charge in [-0.05, 0) is 60.7 Å². The summed E-state index contributed by atoms with van der Waals surface area (Å²) in [5.41, 5.74) is 0.506. The van der Waals surface area contributed by atoms with E-state index in [1.54, 1.807) is 48.2 Å². The molecule has 0 aliphatic heterocycles. The van der Waals surface area contributed by atoms with Gasteiger partial charge in [-0.1, -0.05) is 15.9 Å². The van der Waals surface area contributed by atoms with Gasteiger partial charge >= 0.3 is 0 Å². The fourth-order valence-electron chi connectivity index (χ4n) is 1.95. The fourth-order valence-corrected chi connectivity index (χ4v) is 3.06. The molecule has 0 radical (unpaired) electrons. The van der Waals surface area contributed by atoms with E-state index in [0.29, 0.717) is 12.1 Å². The molecule has 4 nitrogen and oxygen atoms in total. The van der Waals surface area contributed by atoms with Crippen molar-refractivity contribution in [2.24, 2.45) is 0 Å². The number of halogens is 2. The first kappa shape index (κ1) is 19.5. The predicted octanol–water partition coefficient (Wildman–Crippen LogP) is 3.62. The monoisotopic (exact) mass is 424 g/mol. The van der Waals surface area contributed by atoms with E-state index in [9.17, 15) is 14.0 Å². The van der Waals surface area contributed by atoms with Gasteiger partial charge in [-0.25, -0.2) is 4.39 Å². The maximum atomic E-state index is 12.8. The van der Waals surface area contributed by atoms with Crippen molar-refractivity contribution in [2.45, 2.75) is 11.3 Å². The van der Waals surface area contributed by atoms with Crippen molar-refractivity contribution < 1.29 is 14.0 Å². The van der Waals surface area contributed by atoms with Crippen molar-refractivity contribution in [1.29, 1.82) is 0 Å². The second-order valence-electron chi connectivity index (χ2n) is 5.20. The summed E-state index contributed by atoms with van der Waals surface area (Å²) < 4.78 is 13.7. The molecule has 0 bridgehead atoms. The maximum absolute atomic E-state index is 12.8. The first-order chi connectivity index (χ1) is 12.0. The number of hydrogen-bond acceptors (Lipinski definition) is 3. The third-order valence-corrected chi connectivity index (χ3v) is 4.87. The van der Waals surface area contributed by atoms with Crippen LogP contribution < -0.4 is 10.6 Å². The molecular weight excluding hydrogens is 407 g/mol. The molecule has 0 unspecified atom stereocenters. The molecule has 2 aromatic carbocycles. The van der Waals surface area contributed by atoms with Crippen LogP contribution in [-0.4, -0.2) is 30.7 Å². The second kappa shape index (κ2) is 10.2. The van der Waals surface area contributed by atoms with E-state index in [0.717, 1.165) is 21.5 Å². The molecule has 25 heavy (non-hydrogen) atoms. The zero-order valence-corrected chi connectivity index (χ0v) is 15.8. The van der Waals surface area contributed by atoms with Gasteiger partial charge in [0.2, 0.25) is 5.91 Å². The molecule has 7 heteroatoms. The first-order valence-electron chi connectivity index (χ1n) is 7.73. The van der Waals surface area contributed by atoms with Gasteiger partial charge in [0, 0.05) is 21.5 Å². The summed E-state index contributed by atoms with van der Waals surface area (Å²) in [6.07, 6.45) is 0.786. The average molecular weight is 425 g/mol. The Balaban J connectivity index is 1.58. The summed E-state index contributed by atoms with van der Waals surface area (Å²) in [6.45, 7) is 0.473. The lowest BCUT2D eigenvalue weighted by atomic mass is 10.2. The van der Waals surface area contributed by atoms with Gasteiger partial charge in [-0.15, -0.1) is 11.8 Å². The Morgan fingerprint density at radius 2 is 1.68 bits per heavy atom. The van der Waals surface area contributed by atoms with Gasteiger partial charge < -0.3 is 10.6 Å². The molecule has 0 fully saturated rings. The molecule has 2 rings (SSSR count). The molecular formula is C18H18BrFN2O2S. The standard InChI is InChI=1S/C18H18BrFN2O2S/c19-14-4-2-13(3-5-14)18(24)22-12-17(23)21-10-1-11-25-16-8-6-15(20)7-9-16/h2-9H,1,10-12H2,(H,21,23)(H,22,24). The molecule has 0 saturated carbocycles. The number of nitrogens with one attached hydrogen (secondary N) is 2. The number of carbonyl (C=O) groups is 2. The highest BCUT2D eigenvalue weighted by Crippen LogP contribution is 2.18. The molecule has 0 spiro atoms. The normalized spacial score (nSPS) is 10.3. The van der Waals surface area contributed by atoms with Crippen molar-refractivity contribution in [3.63, 3.8) is 0 Å². The summed E-state index contributed by atoms with van der Waals surface area (Å²) in [7, 11) is 0. The fraction of sp³-hybridized carbons (Fsp3) is 0.222. The predicted molar refractivity (Wildman–Crippen MR) is 101 cm³/mol. The van der Waals surface area contributed by atoms with Crippen molar-refractivity contribution in [3.05, 3.63) is 64.4 Å². The third-order valence-electron chi connectivity index (χ3n) is 3.24. The van der Waals surface area contributed by atoms with Gasteiger partial charge in [0.05, 0.1) is 6.54 Å². The van der Waals surface area contributed by atoms with Crippen molar-refractivity contribution in [3.8, 4) is 0 Å². The van der Waals surface area contributed by atoms with Gasteiger partial charge in [-0.3, -0.25) is 9.59 Å². The van der Waals surface area contributed by atoms with Crippen LogP contribution in [-0.2, 0) is 4.79 Å². The minimum atomic E-state index is -0.283. The molecule has 132 valence electrons. The Hall–Kier alpha value is -1.86. The van der Waals surface area contributed by atoms with Crippen LogP contribution in [0.25, 0.3) is 0 Å². The second-order valence-corrected chi connectivity index (χ2v) is 7.28. The summed E-state index contributed by atoms with van der Waals surface area (Å²) >= 11 is 4.91. The van der Waals surface area contributed by atoms with Gasteiger partial charge in [0.15, 0.2) is 0 Å². The van der Waals surface area contributed by atoms with Crippen LogP contribution in [0.4, 0.5) is 4.39 Å². The number of rotatable bonds is 8. The molecule has 2 N–H and O–H groups in total. The number of amides is 2. The van der Waals surface area contributed by atoms with Crippen molar-refractivity contribution >= 4 is 39.5 Å². The van der Waals surface area contributed by atoms with Crippen LogP contribution in [0.1, 0.15) is 16.8 Å². The lowest BCUT2D eigenvalue weighted by Crippen LogP contribution is -2.37. The molecule has 0 aliphatic rings. The van der Waals surface area contributed by atoms with E-state index >= 15 is 0 Å². The molecule has 0 heterocycles. The van der Waals surface area contributed by atoms with Crippen LogP contribution in [0.3, 0.4) is 0 Å². The van der Waals surface area contributed by atoms with Crippen LogP contribution in [0.2, 0.25) is 0 Å². The average Bonchev–Trinajstić information content (AvgIpc) is 2.61. The molecule has 0 aromatic heterocycles. The van der Waals surface area contributed by atoms with E-state index in [4.69, 9.17) is 0 Å². The Labute approximate surface area is 158 Å². The molecule has 0 saturated heterocycles. The molecule has 0 atom stereocenters. The van der Waals surface area contributed by atoms with Crippen molar-refractivity contribution in [1.82, 2.24) is 10.6 Å². The van der Waals surface area contributed by atoms with E-state index in [1.165, 1.54) is 12.1 Å². The van der Waals surface area contributed by atoms with Crippen LogP contribution >= 0.6 is 27.7 Å². The molecule has 2 aromatic rings. The molecule has 0 aliphatic carbocycles. The smallest absolute Gasteiger partial charge is 0.251 e. The highest BCUT2D eigenvalue weighted by Gasteiger charge is 2.07. The summed E-state index contributed by atoms with van der Waals surface area (Å²) in [5.74, 6) is 0.0607. The molecule has 2 amide bonds. The SMILES string of the molecule is O=C(CNC(=O)c1ccc(Br)cc1)NCCCSc1ccc(F)cc1. The van der Waals surface area contributed by atoms with E-state index in [2.05, 4.69) is 26.6 Å². The van der Waals surface area contributed by atoms with Crippen LogP contribution in [0.15, 0.2) is 57.9 Å². The minimum absolute atomic E-state index is 0.0556. The number of thioether (sulfide) groups is 1. The summed E-state index contributed by atoms with van der Waals surface area (Å²) in [5, 5.41) is 5.34. The van der Waals surface area contributed by atoms with Crippen LogP contribution in [0.5, 0.6) is 0 Å². The van der Waals surface area contributed by atoms with Gasteiger partial charge in [0.1, 0.15) is 5.82 Å². The van der Waals surface area contributed by atoms with Crippen LogP contribution in [0, 0.1) is 5.82 Å². The lowest BCUT2D eigenvalue weighted by Gasteiger charge is -2.07.